The molecule has 0 bridgehead atoms. The quantitative estimate of drug-likeness (QED) is 0.869. The van der Waals surface area contributed by atoms with Gasteiger partial charge < -0.3 is 5.32 Å². The van der Waals surface area contributed by atoms with Crippen LogP contribution >= 0.6 is 11.3 Å². The first-order chi connectivity index (χ1) is 8.25. The highest BCUT2D eigenvalue weighted by molar-refractivity contribution is 7.13. The molecule has 2 amide bonds. The highest BCUT2D eigenvalue weighted by Crippen LogP contribution is 2.10. The van der Waals surface area contributed by atoms with Gasteiger partial charge in [-0.15, -0.1) is 10.2 Å². The highest BCUT2D eigenvalue weighted by Gasteiger charge is 2.10. The molecule has 1 atom stereocenters. The van der Waals surface area contributed by atoms with Crippen LogP contribution in [-0.2, 0) is 0 Å². The van der Waals surface area contributed by atoms with E-state index >= 15 is 0 Å². The van der Waals surface area contributed by atoms with Gasteiger partial charge in [0.1, 0.15) is 5.51 Å². The molecule has 1 unspecified atom stereocenters. The van der Waals surface area contributed by atoms with Crippen LogP contribution in [0.3, 0.4) is 0 Å². The van der Waals surface area contributed by atoms with Crippen LogP contribution in [0.25, 0.3) is 0 Å². The maximum absolute atomic E-state index is 11.6. The van der Waals surface area contributed by atoms with Crippen molar-refractivity contribution >= 4 is 22.5 Å². The minimum Gasteiger partial charge on any atom is -0.330 e. The van der Waals surface area contributed by atoms with Crippen molar-refractivity contribution in [2.75, 3.05) is 5.32 Å². The molecule has 2 rings (SSSR count). The van der Waals surface area contributed by atoms with Crippen molar-refractivity contribution in [2.24, 2.45) is 0 Å². The number of carbonyl (C=O) groups is 1. The second kappa shape index (κ2) is 5.35. The largest absolute Gasteiger partial charge is 0.330 e. The third-order valence-electron chi connectivity index (χ3n) is 2.06. The van der Waals surface area contributed by atoms with Crippen LogP contribution in [0.15, 0.2) is 29.9 Å². The molecule has 7 heteroatoms. The first-order valence-electron chi connectivity index (χ1n) is 5.00. The van der Waals surface area contributed by atoms with Gasteiger partial charge in [-0.1, -0.05) is 17.4 Å². The molecule has 2 N–H and O–H groups in total. The number of amides is 2. The van der Waals surface area contributed by atoms with E-state index in [4.69, 9.17) is 0 Å². The molecular weight excluding hydrogens is 238 g/mol. The van der Waals surface area contributed by atoms with Crippen LogP contribution in [0.2, 0.25) is 0 Å². The van der Waals surface area contributed by atoms with E-state index in [0.29, 0.717) is 5.13 Å². The molecule has 2 heterocycles. The molecule has 6 nitrogen and oxygen atoms in total. The van der Waals surface area contributed by atoms with E-state index in [1.807, 2.05) is 25.1 Å². The van der Waals surface area contributed by atoms with Gasteiger partial charge in [-0.25, -0.2) is 4.79 Å². The third kappa shape index (κ3) is 3.22. The van der Waals surface area contributed by atoms with E-state index in [1.54, 1.807) is 11.7 Å². The van der Waals surface area contributed by atoms with Crippen LogP contribution < -0.4 is 10.6 Å². The number of aromatic nitrogens is 3. The minimum absolute atomic E-state index is 0.163. The van der Waals surface area contributed by atoms with Crippen molar-refractivity contribution < 1.29 is 4.79 Å². The number of nitrogens with zero attached hydrogens (tertiary/aromatic N) is 3. The molecule has 2 aromatic rings. The number of urea groups is 1. The molecule has 2 aromatic heterocycles. The lowest BCUT2D eigenvalue weighted by Crippen LogP contribution is -2.31. The monoisotopic (exact) mass is 249 g/mol. The van der Waals surface area contributed by atoms with E-state index in [9.17, 15) is 4.79 Å². The zero-order chi connectivity index (χ0) is 12.1. The molecule has 0 radical (unpaired) electrons. The predicted octanol–water partition coefficient (Wildman–Crippen LogP) is 1.82. The Balaban J connectivity index is 1.91. The fourth-order valence-corrected chi connectivity index (χ4v) is 1.70. The summed E-state index contributed by atoms with van der Waals surface area (Å²) in [5.41, 5.74) is 2.36. The Kier molecular flexibility index (Phi) is 3.61. The molecule has 0 aromatic carbocycles. The van der Waals surface area contributed by atoms with E-state index in [0.717, 1.165) is 5.69 Å². The summed E-state index contributed by atoms with van der Waals surface area (Å²) in [6.45, 7) is 1.86. The second-order valence-electron chi connectivity index (χ2n) is 3.32. The summed E-state index contributed by atoms with van der Waals surface area (Å²) in [6.07, 6.45) is 1.69. The van der Waals surface area contributed by atoms with Crippen molar-refractivity contribution in [3.63, 3.8) is 0 Å². The van der Waals surface area contributed by atoms with Crippen molar-refractivity contribution in [3.05, 3.63) is 35.6 Å². The van der Waals surface area contributed by atoms with Gasteiger partial charge in [-0.2, -0.15) is 0 Å². The lowest BCUT2D eigenvalue weighted by atomic mass is 10.2. The number of rotatable bonds is 3. The fraction of sp³-hybridized carbons (Fsp3) is 0.200. The van der Waals surface area contributed by atoms with Crippen LogP contribution in [0.4, 0.5) is 9.93 Å². The third-order valence-corrected chi connectivity index (χ3v) is 2.67. The topological polar surface area (TPSA) is 79.8 Å². The highest BCUT2D eigenvalue weighted by atomic mass is 32.1. The second-order valence-corrected chi connectivity index (χ2v) is 4.15. The van der Waals surface area contributed by atoms with Crippen molar-refractivity contribution in [3.8, 4) is 0 Å². The Hall–Kier alpha value is -2.02. The van der Waals surface area contributed by atoms with Gasteiger partial charge in [0.25, 0.3) is 0 Å². The molecule has 0 fully saturated rings. The maximum atomic E-state index is 11.6. The lowest BCUT2D eigenvalue weighted by Gasteiger charge is -2.12. The number of hydrogen-bond donors (Lipinski definition) is 2. The first-order valence-corrected chi connectivity index (χ1v) is 5.88. The summed E-state index contributed by atoms with van der Waals surface area (Å²) in [6, 6.07) is 5.08. The molecule has 17 heavy (non-hydrogen) atoms. The number of nitrogens with one attached hydrogen (secondary N) is 2. The van der Waals surface area contributed by atoms with Gasteiger partial charge in [0.2, 0.25) is 5.13 Å². The van der Waals surface area contributed by atoms with Crippen molar-refractivity contribution in [1.82, 2.24) is 20.5 Å². The Bertz CT molecular complexity index is 473. The average Bonchev–Trinajstić information content (AvgIpc) is 2.82. The average molecular weight is 249 g/mol. The number of pyridine rings is 1. The van der Waals surface area contributed by atoms with Gasteiger partial charge in [-0.3, -0.25) is 10.3 Å². The van der Waals surface area contributed by atoms with Gasteiger partial charge in [0.05, 0.1) is 11.7 Å². The minimum atomic E-state index is -0.320. The van der Waals surface area contributed by atoms with Gasteiger partial charge >= 0.3 is 6.03 Å². The Morgan fingerprint density at radius 1 is 1.47 bits per heavy atom. The molecule has 0 aliphatic carbocycles. The maximum Gasteiger partial charge on any atom is 0.321 e. The summed E-state index contributed by atoms with van der Waals surface area (Å²) >= 11 is 1.26. The number of carbonyl (C=O) groups excluding carboxylic acids is 1. The Morgan fingerprint density at radius 3 is 3.00 bits per heavy atom. The number of anilines is 1. The van der Waals surface area contributed by atoms with Crippen LogP contribution in [-0.4, -0.2) is 21.2 Å². The molecule has 88 valence electrons. The predicted molar refractivity (Wildman–Crippen MR) is 64.7 cm³/mol. The normalized spacial score (nSPS) is 11.8. The molecule has 0 aliphatic heterocycles. The Labute approximate surface area is 102 Å². The standard InChI is InChI=1S/C10H11N5OS/c1-7(8-4-2-3-5-11-8)13-9(16)14-10-15-12-6-17-10/h2-7H,1H3,(H2,13,14,15,16). The summed E-state index contributed by atoms with van der Waals surface area (Å²) in [5, 5.41) is 13.2. The van der Waals surface area contributed by atoms with E-state index < -0.39 is 0 Å². The summed E-state index contributed by atoms with van der Waals surface area (Å²) < 4.78 is 0. The molecule has 0 spiro atoms. The van der Waals surface area contributed by atoms with Gasteiger partial charge in [0.15, 0.2) is 0 Å². The molecule has 0 saturated carbocycles. The summed E-state index contributed by atoms with van der Waals surface area (Å²) in [7, 11) is 0. The van der Waals surface area contributed by atoms with Gasteiger partial charge in [-0.05, 0) is 19.1 Å². The first kappa shape index (κ1) is 11.5. The van der Waals surface area contributed by atoms with Crippen molar-refractivity contribution in [2.45, 2.75) is 13.0 Å². The smallest absolute Gasteiger partial charge is 0.321 e. The van der Waals surface area contributed by atoms with E-state index in [1.165, 1.54) is 11.3 Å². The van der Waals surface area contributed by atoms with Crippen LogP contribution in [0.1, 0.15) is 18.7 Å². The van der Waals surface area contributed by atoms with Crippen LogP contribution in [0, 0.1) is 0 Å². The zero-order valence-corrected chi connectivity index (χ0v) is 9.94. The Morgan fingerprint density at radius 2 is 2.35 bits per heavy atom. The lowest BCUT2D eigenvalue weighted by molar-refractivity contribution is 0.249. The summed E-state index contributed by atoms with van der Waals surface area (Å²) in [5.74, 6) is 0. The summed E-state index contributed by atoms with van der Waals surface area (Å²) in [4.78, 5) is 15.7. The SMILES string of the molecule is CC(NC(=O)Nc1nncs1)c1ccccn1. The van der Waals surface area contributed by atoms with Gasteiger partial charge in [0, 0.05) is 6.20 Å². The molecule has 0 saturated heterocycles. The molecular formula is C10H11N5OS. The van der Waals surface area contributed by atoms with E-state index in [2.05, 4.69) is 25.8 Å². The van der Waals surface area contributed by atoms with Crippen LogP contribution in [0.5, 0.6) is 0 Å². The van der Waals surface area contributed by atoms with Crippen molar-refractivity contribution in [1.29, 1.82) is 0 Å². The zero-order valence-electron chi connectivity index (χ0n) is 9.12. The fourth-order valence-electron chi connectivity index (χ4n) is 1.26. The van der Waals surface area contributed by atoms with E-state index in [-0.39, 0.29) is 12.1 Å². The number of hydrogen-bond acceptors (Lipinski definition) is 5. The molecule has 0 aliphatic rings.